The van der Waals surface area contributed by atoms with E-state index in [2.05, 4.69) is 5.32 Å². The van der Waals surface area contributed by atoms with Gasteiger partial charge in [-0.05, 0) is 51.6 Å². The van der Waals surface area contributed by atoms with Gasteiger partial charge in [-0.1, -0.05) is 24.3 Å². The Labute approximate surface area is 126 Å². The Morgan fingerprint density at radius 2 is 1.71 bits per heavy atom. The van der Waals surface area contributed by atoms with Crippen LogP contribution in [0.25, 0.3) is 11.1 Å². The number of hydrogen-bond acceptors (Lipinski definition) is 2. The SMILES string of the molecule is CNC(C)c1ccc(F)c(-c2ccccc2OC(C)C)c1. The minimum absolute atomic E-state index is 0.0497. The van der Waals surface area contributed by atoms with Crippen molar-refractivity contribution in [2.45, 2.75) is 32.9 Å². The second-order valence-electron chi connectivity index (χ2n) is 5.41. The van der Waals surface area contributed by atoms with Gasteiger partial charge in [-0.2, -0.15) is 0 Å². The summed E-state index contributed by atoms with van der Waals surface area (Å²) >= 11 is 0. The maximum absolute atomic E-state index is 14.3. The number of rotatable bonds is 5. The van der Waals surface area contributed by atoms with Crippen LogP contribution in [-0.2, 0) is 0 Å². The Hall–Kier alpha value is -1.87. The fourth-order valence-electron chi connectivity index (χ4n) is 2.23. The van der Waals surface area contributed by atoms with E-state index < -0.39 is 0 Å². The summed E-state index contributed by atoms with van der Waals surface area (Å²) in [5.41, 5.74) is 2.41. The molecule has 0 aliphatic heterocycles. The van der Waals surface area contributed by atoms with Crippen molar-refractivity contribution in [1.29, 1.82) is 0 Å². The number of halogens is 1. The van der Waals surface area contributed by atoms with Gasteiger partial charge in [0.05, 0.1) is 6.10 Å². The zero-order valence-electron chi connectivity index (χ0n) is 13.0. The van der Waals surface area contributed by atoms with Gasteiger partial charge in [-0.25, -0.2) is 4.39 Å². The average Bonchev–Trinajstić information content (AvgIpc) is 2.47. The molecule has 2 aromatic carbocycles. The Kier molecular flexibility index (Phi) is 4.97. The molecule has 112 valence electrons. The van der Waals surface area contributed by atoms with E-state index in [4.69, 9.17) is 4.74 Å². The lowest BCUT2D eigenvalue weighted by Gasteiger charge is -2.17. The molecule has 1 atom stereocenters. The lowest BCUT2D eigenvalue weighted by Crippen LogP contribution is -2.12. The van der Waals surface area contributed by atoms with Crippen LogP contribution in [0.5, 0.6) is 5.75 Å². The zero-order valence-corrected chi connectivity index (χ0v) is 13.0. The molecule has 0 bridgehead atoms. The van der Waals surface area contributed by atoms with Gasteiger partial charge >= 0.3 is 0 Å². The fraction of sp³-hybridized carbons (Fsp3) is 0.333. The van der Waals surface area contributed by atoms with Crippen molar-refractivity contribution < 1.29 is 9.13 Å². The standard InChI is InChI=1S/C18H22FNO/c1-12(2)21-18-8-6-5-7-15(18)16-11-14(13(3)20-4)9-10-17(16)19/h5-13,20H,1-4H3. The quantitative estimate of drug-likeness (QED) is 0.870. The molecule has 0 saturated carbocycles. The molecule has 2 nitrogen and oxygen atoms in total. The molecule has 3 heteroatoms. The molecule has 0 aromatic heterocycles. The van der Waals surface area contributed by atoms with Crippen LogP contribution in [0.2, 0.25) is 0 Å². The van der Waals surface area contributed by atoms with Gasteiger partial charge in [0.15, 0.2) is 0 Å². The van der Waals surface area contributed by atoms with E-state index in [1.165, 1.54) is 6.07 Å². The number of ether oxygens (including phenoxy) is 1. The van der Waals surface area contributed by atoms with Crippen molar-refractivity contribution in [3.63, 3.8) is 0 Å². The molecule has 2 rings (SSSR count). The van der Waals surface area contributed by atoms with E-state index in [0.717, 1.165) is 11.1 Å². The number of para-hydroxylation sites is 1. The molecule has 0 aliphatic carbocycles. The molecule has 2 aromatic rings. The van der Waals surface area contributed by atoms with Crippen LogP contribution in [0.15, 0.2) is 42.5 Å². The molecular weight excluding hydrogens is 265 g/mol. The van der Waals surface area contributed by atoms with Gasteiger partial charge in [-0.15, -0.1) is 0 Å². The van der Waals surface area contributed by atoms with Crippen molar-refractivity contribution in [2.75, 3.05) is 7.05 Å². The van der Waals surface area contributed by atoms with Gasteiger partial charge in [0.2, 0.25) is 0 Å². The van der Waals surface area contributed by atoms with E-state index in [0.29, 0.717) is 11.3 Å². The summed E-state index contributed by atoms with van der Waals surface area (Å²) in [7, 11) is 1.89. The molecular formula is C18H22FNO. The summed E-state index contributed by atoms with van der Waals surface area (Å²) in [5, 5.41) is 3.17. The van der Waals surface area contributed by atoms with Crippen LogP contribution in [0.4, 0.5) is 4.39 Å². The summed E-state index contributed by atoms with van der Waals surface area (Å²) < 4.78 is 20.1. The first-order valence-electron chi connectivity index (χ1n) is 7.25. The van der Waals surface area contributed by atoms with Crippen LogP contribution in [-0.4, -0.2) is 13.2 Å². The fourth-order valence-corrected chi connectivity index (χ4v) is 2.23. The predicted molar refractivity (Wildman–Crippen MR) is 85.1 cm³/mol. The number of benzene rings is 2. The first-order valence-corrected chi connectivity index (χ1v) is 7.25. The van der Waals surface area contributed by atoms with Gasteiger partial charge in [-0.3, -0.25) is 0 Å². The van der Waals surface area contributed by atoms with Crippen molar-refractivity contribution in [3.8, 4) is 16.9 Å². The second kappa shape index (κ2) is 6.72. The smallest absolute Gasteiger partial charge is 0.131 e. The third kappa shape index (κ3) is 3.61. The lowest BCUT2D eigenvalue weighted by molar-refractivity contribution is 0.243. The monoisotopic (exact) mass is 287 g/mol. The van der Waals surface area contributed by atoms with Crippen LogP contribution in [0.3, 0.4) is 0 Å². The van der Waals surface area contributed by atoms with Crippen molar-refractivity contribution in [2.24, 2.45) is 0 Å². The summed E-state index contributed by atoms with van der Waals surface area (Å²) in [6, 6.07) is 13.0. The molecule has 0 spiro atoms. The number of hydrogen-bond donors (Lipinski definition) is 1. The van der Waals surface area contributed by atoms with Crippen molar-refractivity contribution >= 4 is 0 Å². The third-order valence-corrected chi connectivity index (χ3v) is 3.46. The first kappa shape index (κ1) is 15.5. The Morgan fingerprint density at radius 3 is 2.38 bits per heavy atom. The Bertz CT molecular complexity index is 610. The van der Waals surface area contributed by atoms with E-state index in [1.54, 1.807) is 0 Å². The summed E-state index contributed by atoms with van der Waals surface area (Å²) in [6.07, 6.45) is 0.0497. The Morgan fingerprint density at radius 1 is 1.00 bits per heavy atom. The molecule has 1 N–H and O–H groups in total. The molecule has 0 heterocycles. The zero-order chi connectivity index (χ0) is 15.4. The average molecular weight is 287 g/mol. The van der Waals surface area contributed by atoms with Crippen LogP contribution >= 0.6 is 0 Å². The highest BCUT2D eigenvalue weighted by Crippen LogP contribution is 2.33. The van der Waals surface area contributed by atoms with Crippen LogP contribution in [0.1, 0.15) is 32.4 Å². The summed E-state index contributed by atoms with van der Waals surface area (Å²) in [6.45, 7) is 5.98. The van der Waals surface area contributed by atoms with Gasteiger partial charge in [0, 0.05) is 17.2 Å². The number of nitrogens with one attached hydrogen (secondary N) is 1. The largest absolute Gasteiger partial charge is 0.490 e. The van der Waals surface area contributed by atoms with Gasteiger partial charge in [0.1, 0.15) is 11.6 Å². The highest BCUT2D eigenvalue weighted by Gasteiger charge is 2.14. The minimum Gasteiger partial charge on any atom is -0.490 e. The van der Waals surface area contributed by atoms with Gasteiger partial charge in [0.25, 0.3) is 0 Å². The third-order valence-electron chi connectivity index (χ3n) is 3.46. The molecule has 0 amide bonds. The van der Waals surface area contributed by atoms with E-state index in [9.17, 15) is 4.39 Å². The minimum atomic E-state index is -0.234. The van der Waals surface area contributed by atoms with Crippen molar-refractivity contribution in [3.05, 3.63) is 53.8 Å². The van der Waals surface area contributed by atoms with E-state index in [-0.39, 0.29) is 18.0 Å². The van der Waals surface area contributed by atoms with Crippen LogP contribution in [0, 0.1) is 5.82 Å². The van der Waals surface area contributed by atoms with Gasteiger partial charge < -0.3 is 10.1 Å². The highest BCUT2D eigenvalue weighted by molar-refractivity contribution is 5.71. The molecule has 1 unspecified atom stereocenters. The van der Waals surface area contributed by atoms with E-state index in [1.807, 2.05) is 64.2 Å². The lowest BCUT2D eigenvalue weighted by atomic mass is 9.99. The molecule has 0 radical (unpaired) electrons. The summed E-state index contributed by atoms with van der Waals surface area (Å²) in [5.74, 6) is 0.475. The normalized spacial score (nSPS) is 12.5. The first-order chi connectivity index (χ1) is 10.0. The molecule has 0 fully saturated rings. The van der Waals surface area contributed by atoms with Crippen LogP contribution < -0.4 is 10.1 Å². The Balaban J connectivity index is 2.51. The highest BCUT2D eigenvalue weighted by atomic mass is 19.1. The van der Waals surface area contributed by atoms with Crippen molar-refractivity contribution in [1.82, 2.24) is 5.32 Å². The maximum atomic E-state index is 14.3. The van der Waals surface area contributed by atoms with E-state index >= 15 is 0 Å². The molecule has 0 saturated heterocycles. The predicted octanol–water partition coefficient (Wildman–Crippen LogP) is 4.56. The molecule has 0 aliphatic rings. The summed E-state index contributed by atoms with van der Waals surface area (Å²) in [4.78, 5) is 0. The molecule has 21 heavy (non-hydrogen) atoms. The second-order valence-corrected chi connectivity index (χ2v) is 5.41. The topological polar surface area (TPSA) is 21.3 Å². The maximum Gasteiger partial charge on any atom is 0.131 e.